The van der Waals surface area contributed by atoms with Gasteiger partial charge in [0.2, 0.25) is 0 Å². The first-order chi connectivity index (χ1) is 12.1. The maximum atomic E-state index is 12.5. The Morgan fingerprint density at radius 3 is 3.08 bits per heavy atom. The highest BCUT2D eigenvalue weighted by Gasteiger charge is 2.28. The lowest BCUT2D eigenvalue weighted by Crippen LogP contribution is -2.53. The van der Waals surface area contributed by atoms with Gasteiger partial charge in [-0.15, -0.1) is 0 Å². The Bertz CT molecular complexity index is 726. The quantitative estimate of drug-likeness (QED) is 0.777. The Kier molecular flexibility index (Phi) is 5.60. The molecule has 1 aromatic carbocycles. The van der Waals surface area contributed by atoms with Crippen molar-refractivity contribution in [3.05, 3.63) is 35.5 Å². The molecule has 25 heavy (non-hydrogen) atoms. The predicted octanol–water partition coefficient (Wildman–Crippen LogP) is 2.20. The van der Waals surface area contributed by atoms with Gasteiger partial charge in [-0.1, -0.05) is 18.2 Å². The average molecular weight is 345 g/mol. The molecule has 3 rings (SSSR count). The van der Waals surface area contributed by atoms with Gasteiger partial charge >= 0.3 is 6.03 Å². The number of fused-ring (bicyclic) bond motifs is 1. The lowest BCUT2D eigenvalue weighted by molar-refractivity contribution is -0.00425. The zero-order valence-corrected chi connectivity index (χ0v) is 14.9. The third-order valence-electron chi connectivity index (χ3n) is 4.78. The summed E-state index contributed by atoms with van der Waals surface area (Å²) in [6, 6.07) is 8.08. The zero-order chi connectivity index (χ0) is 17.8. The van der Waals surface area contributed by atoms with E-state index in [1.54, 1.807) is 11.8 Å². The number of hydrogen-bond acceptors (Lipinski definition) is 3. The summed E-state index contributed by atoms with van der Waals surface area (Å²) in [6.45, 7) is 5.99. The van der Waals surface area contributed by atoms with Crippen molar-refractivity contribution in [3.63, 3.8) is 0 Å². The van der Waals surface area contributed by atoms with Gasteiger partial charge < -0.3 is 25.0 Å². The Hall–Kier alpha value is -2.05. The number of amides is 2. The molecule has 1 aliphatic heterocycles. The fraction of sp³-hybridized carbons (Fsp3) is 0.526. The van der Waals surface area contributed by atoms with Crippen LogP contribution >= 0.6 is 0 Å². The Labute approximate surface area is 148 Å². The Balaban J connectivity index is 1.59. The minimum absolute atomic E-state index is 0.0661. The maximum Gasteiger partial charge on any atom is 0.317 e. The summed E-state index contributed by atoms with van der Waals surface area (Å²) in [6.07, 6.45) is 0.873. The van der Waals surface area contributed by atoms with Crippen LogP contribution in [0.3, 0.4) is 0 Å². The van der Waals surface area contributed by atoms with Gasteiger partial charge in [0.1, 0.15) is 0 Å². The molecule has 0 radical (unpaired) electrons. The predicted molar refractivity (Wildman–Crippen MR) is 97.7 cm³/mol. The molecule has 3 N–H and O–H groups in total. The molecule has 6 heteroatoms. The number of ether oxygens (including phenoxy) is 1. The van der Waals surface area contributed by atoms with Crippen molar-refractivity contribution in [1.29, 1.82) is 0 Å². The van der Waals surface area contributed by atoms with Crippen molar-refractivity contribution in [2.75, 3.05) is 26.3 Å². The number of aliphatic hydroxyl groups is 1. The molecule has 1 fully saturated rings. The molecule has 1 aliphatic rings. The smallest absolute Gasteiger partial charge is 0.317 e. The van der Waals surface area contributed by atoms with Crippen molar-refractivity contribution in [3.8, 4) is 0 Å². The van der Waals surface area contributed by atoms with Gasteiger partial charge in [-0.25, -0.2) is 4.79 Å². The van der Waals surface area contributed by atoms with Gasteiger partial charge in [0.05, 0.1) is 25.4 Å². The Morgan fingerprint density at radius 1 is 1.48 bits per heavy atom. The average Bonchev–Trinajstić information content (AvgIpc) is 2.90. The zero-order valence-electron chi connectivity index (χ0n) is 14.9. The molecule has 2 unspecified atom stereocenters. The van der Waals surface area contributed by atoms with Crippen molar-refractivity contribution in [2.45, 2.75) is 38.8 Å². The highest BCUT2D eigenvalue weighted by atomic mass is 16.5. The number of hydrogen-bond donors (Lipinski definition) is 3. The third-order valence-corrected chi connectivity index (χ3v) is 4.78. The van der Waals surface area contributed by atoms with Crippen LogP contribution in [0.15, 0.2) is 24.3 Å². The topological polar surface area (TPSA) is 77.6 Å². The summed E-state index contributed by atoms with van der Waals surface area (Å²) in [5.74, 6) is 0. The number of aromatic amines is 1. The van der Waals surface area contributed by atoms with Crippen LogP contribution in [0.2, 0.25) is 0 Å². The number of nitrogens with zero attached hydrogens (tertiary/aromatic N) is 1. The molecule has 2 heterocycles. The largest absolute Gasteiger partial charge is 0.393 e. The van der Waals surface area contributed by atoms with E-state index < -0.39 is 6.10 Å². The SMILES string of the molecule is Cc1[nH]c2ccccc2c1CCNC(=O)N1CCOCC1CC(C)O. The molecule has 2 aromatic rings. The number of para-hydroxylation sites is 1. The molecule has 6 nitrogen and oxygen atoms in total. The van der Waals surface area contributed by atoms with E-state index in [-0.39, 0.29) is 12.1 Å². The Morgan fingerprint density at radius 2 is 2.28 bits per heavy atom. The van der Waals surface area contributed by atoms with E-state index in [1.165, 1.54) is 10.9 Å². The van der Waals surface area contributed by atoms with Gasteiger partial charge in [-0.3, -0.25) is 0 Å². The summed E-state index contributed by atoms with van der Waals surface area (Å²) >= 11 is 0. The summed E-state index contributed by atoms with van der Waals surface area (Å²) < 4.78 is 5.45. The number of aryl methyl sites for hydroxylation is 1. The molecule has 0 aliphatic carbocycles. The molecule has 136 valence electrons. The van der Waals surface area contributed by atoms with E-state index >= 15 is 0 Å². The standard InChI is InChI=1S/C19H27N3O3/c1-13(23)11-15-12-25-10-9-22(15)19(24)20-8-7-16-14(2)21-18-6-4-3-5-17(16)18/h3-6,13,15,21,23H,7-12H2,1-2H3,(H,20,24). The van der Waals surface area contributed by atoms with E-state index in [2.05, 4.69) is 29.4 Å². The maximum absolute atomic E-state index is 12.5. The van der Waals surface area contributed by atoms with Gasteiger partial charge in [0, 0.05) is 29.7 Å². The third kappa shape index (κ3) is 4.14. The number of urea groups is 1. The minimum atomic E-state index is -0.448. The van der Waals surface area contributed by atoms with E-state index in [0.29, 0.717) is 32.7 Å². The first-order valence-electron chi connectivity index (χ1n) is 8.92. The molecule has 2 amide bonds. The number of carbonyl (C=O) groups excluding carboxylic acids is 1. The molecular formula is C19H27N3O3. The molecule has 0 spiro atoms. The fourth-order valence-corrected chi connectivity index (χ4v) is 3.56. The normalized spacial score (nSPS) is 19.2. The van der Waals surface area contributed by atoms with Crippen LogP contribution in [-0.4, -0.2) is 59.5 Å². The lowest BCUT2D eigenvalue weighted by Gasteiger charge is -2.36. The summed E-state index contributed by atoms with van der Waals surface area (Å²) in [4.78, 5) is 17.7. The second-order valence-electron chi connectivity index (χ2n) is 6.76. The van der Waals surface area contributed by atoms with Crippen LogP contribution in [0.25, 0.3) is 10.9 Å². The van der Waals surface area contributed by atoms with Crippen LogP contribution in [-0.2, 0) is 11.2 Å². The van der Waals surface area contributed by atoms with Gasteiger partial charge in [0.25, 0.3) is 0 Å². The van der Waals surface area contributed by atoms with Crippen molar-refractivity contribution in [2.24, 2.45) is 0 Å². The molecular weight excluding hydrogens is 318 g/mol. The fourth-order valence-electron chi connectivity index (χ4n) is 3.56. The molecule has 0 saturated carbocycles. The van der Waals surface area contributed by atoms with E-state index in [9.17, 15) is 9.90 Å². The van der Waals surface area contributed by atoms with Gasteiger partial charge in [-0.2, -0.15) is 0 Å². The minimum Gasteiger partial charge on any atom is -0.393 e. The van der Waals surface area contributed by atoms with Gasteiger partial charge in [0.15, 0.2) is 0 Å². The van der Waals surface area contributed by atoms with Crippen LogP contribution < -0.4 is 5.32 Å². The number of benzene rings is 1. The second kappa shape index (κ2) is 7.89. The second-order valence-corrected chi connectivity index (χ2v) is 6.76. The number of aromatic nitrogens is 1. The lowest BCUT2D eigenvalue weighted by atomic mass is 10.1. The molecule has 1 saturated heterocycles. The highest BCUT2D eigenvalue weighted by Crippen LogP contribution is 2.22. The number of rotatable bonds is 5. The summed E-state index contributed by atoms with van der Waals surface area (Å²) in [5.41, 5.74) is 3.53. The monoisotopic (exact) mass is 345 g/mol. The number of nitrogens with one attached hydrogen (secondary N) is 2. The number of aliphatic hydroxyl groups excluding tert-OH is 1. The summed E-state index contributed by atoms with van der Waals surface area (Å²) in [7, 11) is 0. The first kappa shape index (κ1) is 17.8. The van der Waals surface area contributed by atoms with E-state index in [4.69, 9.17) is 4.74 Å². The molecule has 1 aromatic heterocycles. The summed E-state index contributed by atoms with van der Waals surface area (Å²) in [5, 5.41) is 13.9. The van der Waals surface area contributed by atoms with Crippen LogP contribution in [0.4, 0.5) is 4.79 Å². The van der Waals surface area contributed by atoms with E-state index in [0.717, 1.165) is 17.6 Å². The molecule has 2 atom stereocenters. The van der Waals surface area contributed by atoms with Crippen molar-refractivity contribution in [1.82, 2.24) is 15.2 Å². The van der Waals surface area contributed by atoms with Crippen LogP contribution in [0.5, 0.6) is 0 Å². The number of carbonyl (C=O) groups is 1. The van der Waals surface area contributed by atoms with Crippen molar-refractivity contribution >= 4 is 16.9 Å². The number of morpholine rings is 1. The van der Waals surface area contributed by atoms with Crippen LogP contribution in [0, 0.1) is 6.92 Å². The first-order valence-corrected chi connectivity index (χ1v) is 8.92. The van der Waals surface area contributed by atoms with E-state index in [1.807, 2.05) is 12.1 Å². The molecule has 0 bridgehead atoms. The van der Waals surface area contributed by atoms with Gasteiger partial charge in [-0.05, 0) is 38.3 Å². The number of H-pyrrole nitrogens is 1. The van der Waals surface area contributed by atoms with Crippen molar-refractivity contribution < 1.29 is 14.6 Å². The van der Waals surface area contributed by atoms with Crippen LogP contribution in [0.1, 0.15) is 24.6 Å². The highest BCUT2D eigenvalue weighted by molar-refractivity contribution is 5.84.